The summed E-state index contributed by atoms with van der Waals surface area (Å²) in [7, 11) is 1.53. The first-order chi connectivity index (χ1) is 9.22. The molecule has 0 amide bonds. The summed E-state index contributed by atoms with van der Waals surface area (Å²) in [5.41, 5.74) is 0.558. The van der Waals surface area contributed by atoms with E-state index in [1.807, 2.05) is 16.7 Å². The summed E-state index contributed by atoms with van der Waals surface area (Å²) in [5.74, 6) is 0.228. The Morgan fingerprint density at radius 1 is 1.63 bits per heavy atom. The number of imidazole rings is 1. The van der Waals surface area contributed by atoms with Crippen LogP contribution in [0.2, 0.25) is 0 Å². The first-order valence-electron chi connectivity index (χ1n) is 6.24. The maximum Gasteiger partial charge on any atom is 0.356 e. The first-order valence-corrected chi connectivity index (χ1v) is 6.24. The highest BCUT2D eigenvalue weighted by Gasteiger charge is 2.26. The van der Waals surface area contributed by atoms with E-state index < -0.39 is 5.97 Å². The Balaban J connectivity index is 2.26. The number of pyridine rings is 1. The minimum absolute atomic E-state index is 0.0427. The van der Waals surface area contributed by atoms with Crippen LogP contribution in [0.3, 0.4) is 0 Å². The van der Waals surface area contributed by atoms with E-state index in [0.717, 1.165) is 25.2 Å². The number of nitrogens with zero attached hydrogens (tertiary/aromatic N) is 2. The largest absolute Gasteiger partial charge is 0.494 e. The molecular formula is C13H15N3O3. The molecule has 3 heterocycles. The van der Waals surface area contributed by atoms with E-state index in [4.69, 9.17) is 4.74 Å². The van der Waals surface area contributed by atoms with Gasteiger partial charge in [0.1, 0.15) is 17.1 Å². The fraction of sp³-hybridized carbons (Fsp3) is 0.385. The van der Waals surface area contributed by atoms with Crippen molar-refractivity contribution in [2.45, 2.75) is 18.9 Å². The van der Waals surface area contributed by atoms with Crippen molar-refractivity contribution in [3.63, 3.8) is 0 Å². The van der Waals surface area contributed by atoms with Gasteiger partial charge in [0.2, 0.25) is 0 Å². The lowest BCUT2D eigenvalue weighted by molar-refractivity contribution is 0.0693. The molecule has 2 aromatic heterocycles. The number of aromatic carboxylic acids is 1. The van der Waals surface area contributed by atoms with E-state index in [1.54, 1.807) is 6.07 Å². The van der Waals surface area contributed by atoms with Gasteiger partial charge < -0.3 is 15.2 Å². The van der Waals surface area contributed by atoms with Crippen molar-refractivity contribution in [1.82, 2.24) is 14.7 Å². The summed E-state index contributed by atoms with van der Waals surface area (Å²) >= 11 is 0. The second-order valence-corrected chi connectivity index (χ2v) is 4.57. The Hall–Kier alpha value is -2.08. The van der Waals surface area contributed by atoms with Crippen molar-refractivity contribution >= 4 is 11.5 Å². The van der Waals surface area contributed by atoms with Gasteiger partial charge in [0.05, 0.1) is 13.2 Å². The monoisotopic (exact) mass is 261 g/mol. The summed E-state index contributed by atoms with van der Waals surface area (Å²) in [5, 5.41) is 12.6. The van der Waals surface area contributed by atoms with Gasteiger partial charge in [0.15, 0.2) is 5.69 Å². The zero-order valence-corrected chi connectivity index (χ0v) is 10.6. The third-order valence-corrected chi connectivity index (χ3v) is 3.45. The molecule has 1 aliphatic heterocycles. The van der Waals surface area contributed by atoms with Gasteiger partial charge in [-0.25, -0.2) is 9.78 Å². The quantitative estimate of drug-likeness (QED) is 0.875. The molecule has 0 aromatic carbocycles. The lowest BCUT2D eigenvalue weighted by Gasteiger charge is -2.09. The maximum absolute atomic E-state index is 11.4. The SMILES string of the molecule is COc1cccn2c(C3CCCN3)nc(C(=O)O)c12. The second kappa shape index (κ2) is 4.55. The van der Waals surface area contributed by atoms with E-state index >= 15 is 0 Å². The average molecular weight is 261 g/mol. The molecule has 0 saturated carbocycles. The number of aromatic nitrogens is 2. The molecule has 100 valence electrons. The molecule has 2 N–H and O–H groups in total. The van der Waals surface area contributed by atoms with Crippen LogP contribution in [0.15, 0.2) is 18.3 Å². The molecule has 1 unspecified atom stereocenters. The first kappa shape index (κ1) is 12.0. The van der Waals surface area contributed by atoms with Crippen LogP contribution < -0.4 is 10.1 Å². The van der Waals surface area contributed by atoms with Gasteiger partial charge in [-0.3, -0.25) is 4.40 Å². The fourth-order valence-electron chi connectivity index (χ4n) is 2.60. The molecule has 0 radical (unpaired) electrons. The Bertz CT molecular complexity index is 629. The summed E-state index contributed by atoms with van der Waals surface area (Å²) in [6.07, 6.45) is 3.87. The number of fused-ring (bicyclic) bond motifs is 1. The highest BCUT2D eigenvalue weighted by Crippen LogP contribution is 2.29. The molecule has 6 nitrogen and oxygen atoms in total. The maximum atomic E-state index is 11.4. The highest BCUT2D eigenvalue weighted by molar-refractivity contribution is 5.95. The van der Waals surface area contributed by atoms with Gasteiger partial charge in [0.25, 0.3) is 0 Å². The average Bonchev–Trinajstić information content (AvgIpc) is 3.04. The topological polar surface area (TPSA) is 75.9 Å². The molecule has 19 heavy (non-hydrogen) atoms. The molecule has 0 spiro atoms. The molecule has 3 rings (SSSR count). The smallest absolute Gasteiger partial charge is 0.356 e. The molecular weight excluding hydrogens is 246 g/mol. The highest BCUT2D eigenvalue weighted by atomic mass is 16.5. The van der Waals surface area contributed by atoms with Crippen molar-refractivity contribution in [3.8, 4) is 5.75 Å². The van der Waals surface area contributed by atoms with E-state index in [2.05, 4.69) is 10.3 Å². The molecule has 1 atom stereocenters. The molecule has 2 aromatic rings. The number of nitrogens with one attached hydrogen (secondary N) is 1. The van der Waals surface area contributed by atoms with Crippen molar-refractivity contribution < 1.29 is 14.6 Å². The number of hydrogen-bond acceptors (Lipinski definition) is 4. The van der Waals surface area contributed by atoms with Crippen LogP contribution >= 0.6 is 0 Å². The minimum atomic E-state index is -1.04. The molecule has 1 aliphatic rings. The number of carbonyl (C=O) groups is 1. The normalized spacial score (nSPS) is 18.9. The van der Waals surface area contributed by atoms with E-state index in [-0.39, 0.29) is 11.7 Å². The zero-order chi connectivity index (χ0) is 13.4. The van der Waals surface area contributed by atoms with Crippen LogP contribution in [-0.2, 0) is 0 Å². The number of rotatable bonds is 3. The number of ether oxygens (including phenoxy) is 1. The Morgan fingerprint density at radius 2 is 2.47 bits per heavy atom. The molecule has 0 aliphatic carbocycles. The summed E-state index contributed by atoms with van der Waals surface area (Å²) in [4.78, 5) is 15.7. The van der Waals surface area contributed by atoms with Crippen LogP contribution in [0.4, 0.5) is 0 Å². The van der Waals surface area contributed by atoms with Crippen LogP contribution in [0.1, 0.15) is 35.2 Å². The van der Waals surface area contributed by atoms with Gasteiger partial charge in [-0.15, -0.1) is 0 Å². The van der Waals surface area contributed by atoms with Gasteiger partial charge >= 0.3 is 5.97 Å². The number of methoxy groups -OCH3 is 1. The van der Waals surface area contributed by atoms with Crippen LogP contribution in [0.5, 0.6) is 5.75 Å². The van der Waals surface area contributed by atoms with Crippen molar-refractivity contribution in [3.05, 3.63) is 29.8 Å². The second-order valence-electron chi connectivity index (χ2n) is 4.57. The third kappa shape index (κ3) is 1.84. The fourth-order valence-corrected chi connectivity index (χ4v) is 2.60. The lowest BCUT2D eigenvalue weighted by atomic mass is 10.2. The van der Waals surface area contributed by atoms with Gasteiger partial charge in [-0.2, -0.15) is 0 Å². The third-order valence-electron chi connectivity index (χ3n) is 3.45. The summed E-state index contributed by atoms with van der Waals surface area (Å²) in [6.45, 7) is 0.936. The molecule has 0 bridgehead atoms. The predicted molar refractivity (Wildman–Crippen MR) is 68.7 cm³/mol. The molecule has 1 saturated heterocycles. The Morgan fingerprint density at radius 3 is 3.11 bits per heavy atom. The molecule has 6 heteroatoms. The van der Waals surface area contributed by atoms with Gasteiger partial charge in [0, 0.05) is 6.20 Å². The Labute approximate surface area is 110 Å². The van der Waals surface area contributed by atoms with Crippen LogP contribution in [0.25, 0.3) is 5.52 Å². The van der Waals surface area contributed by atoms with E-state index in [9.17, 15) is 9.90 Å². The van der Waals surface area contributed by atoms with Gasteiger partial charge in [-0.05, 0) is 31.5 Å². The minimum Gasteiger partial charge on any atom is -0.494 e. The Kier molecular flexibility index (Phi) is 2.87. The predicted octanol–water partition coefficient (Wildman–Crippen LogP) is 1.47. The summed E-state index contributed by atoms with van der Waals surface area (Å²) < 4.78 is 7.06. The standard InChI is InChI=1S/C13H15N3O3/c1-19-9-5-3-7-16-11(9)10(13(17)18)15-12(16)8-4-2-6-14-8/h3,5,7-8,14H,2,4,6H2,1H3,(H,17,18). The molecule has 1 fully saturated rings. The van der Waals surface area contributed by atoms with Crippen molar-refractivity contribution in [1.29, 1.82) is 0 Å². The van der Waals surface area contributed by atoms with Crippen LogP contribution in [-0.4, -0.2) is 34.1 Å². The number of carboxylic acid groups (broad SMARTS) is 1. The van der Waals surface area contributed by atoms with Crippen molar-refractivity contribution in [2.75, 3.05) is 13.7 Å². The lowest BCUT2D eigenvalue weighted by Crippen LogP contribution is -2.15. The van der Waals surface area contributed by atoms with Crippen LogP contribution in [0, 0.1) is 0 Å². The number of carboxylic acids is 1. The van der Waals surface area contributed by atoms with Crippen molar-refractivity contribution in [2.24, 2.45) is 0 Å². The van der Waals surface area contributed by atoms with E-state index in [0.29, 0.717) is 11.3 Å². The van der Waals surface area contributed by atoms with Gasteiger partial charge in [-0.1, -0.05) is 0 Å². The number of hydrogen-bond donors (Lipinski definition) is 2. The zero-order valence-electron chi connectivity index (χ0n) is 10.6. The summed E-state index contributed by atoms with van der Waals surface area (Å²) in [6, 6.07) is 3.68. The van der Waals surface area contributed by atoms with E-state index in [1.165, 1.54) is 7.11 Å².